The summed E-state index contributed by atoms with van der Waals surface area (Å²) in [5.41, 5.74) is 0. The van der Waals surface area contributed by atoms with Crippen molar-refractivity contribution in [2.45, 2.75) is 56.1 Å². The third kappa shape index (κ3) is 4100. The van der Waals surface area contributed by atoms with E-state index < -0.39 is 0 Å². The van der Waals surface area contributed by atoms with Crippen molar-refractivity contribution in [1.82, 2.24) is 0 Å². The van der Waals surface area contributed by atoms with E-state index in [0.717, 1.165) is 0 Å². The molecular weight excluding hydrogens is 140 g/mol. The molecule has 0 saturated carbocycles. The van der Waals surface area contributed by atoms with Crippen molar-refractivity contribution in [3.63, 3.8) is 0 Å². The number of hydrogen-bond acceptors (Lipinski definition) is 2. The van der Waals surface area contributed by atoms with Gasteiger partial charge in [-0.1, -0.05) is 22.3 Å². The molecule has 0 heterocycles. The Morgan fingerprint density at radius 1 is 1.18 bits per heavy atom. The third-order valence-corrected chi connectivity index (χ3v) is 0. The second-order valence-electron chi connectivity index (χ2n) is 2.00. The smallest absolute Gasteiger partial charge is 0.394 e. The first-order valence-electron chi connectivity index (χ1n) is 2.62. The predicted octanol–water partition coefficient (Wildman–Crippen LogP) is 3.00. The molecule has 0 bridgehead atoms. The molecule has 2 nitrogen and oxygen atoms in total. The zero-order valence-electron chi connectivity index (χ0n) is 6.93. The second-order valence-corrected chi connectivity index (χ2v) is 2.00. The number of aliphatic hydroxyl groups excluding tert-OH is 1. The van der Waals surface area contributed by atoms with Crippen molar-refractivity contribution in [3.05, 3.63) is 0 Å². The minimum absolute atomic E-state index is 0. The topological polar surface area (TPSA) is 37.3 Å². The molecule has 0 rings (SSSR count). The van der Waals surface area contributed by atoms with Crippen LogP contribution >= 0.6 is 0 Å². The Hall–Kier alpha value is -0.370. The Kier molecular flexibility index (Phi) is 64.0. The molecule has 74 valence electrons. The standard InChI is InChI=1S/C3H8O.C3H6O.3CH4/c2*1-3(2)4;;;/h3-4H,1-2H3;1-2H3;3*1H4/p+1. The number of rotatable bonds is 0. The fourth-order valence-corrected chi connectivity index (χ4v) is 0. The van der Waals surface area contributed by atoms with Crippen LogP contribution in [-0.4, -0.2) is 17.0 Å². The molecule has 0 saturated heterocycles. The van der Waals surface area contributed by atoms with Crippen LogP contribution in [0.25, 0.3) is 0 Å². The number of Topliss-reactive ketones (excluding diaryl/α,β-unsaturated/α-hetero) is 1. The number of carbonyl (C=O) groups excluding carboxylic acids is 1. The highest BCUT2D eigenvalue weighted by Crippen LogP contribution is 1.65. The molecule has 2 heteroatoms. The van der Waals surface area contributed by atoms with Gasteiger partial charge < -0.3 is 9.90 Å². The summed E-state index contributed by atoms with van der Waals surface area (Å²) in [5, 5.41) is 8.06. The van der Waals surface area contributed by atoms with Gasteiger partial charge in [0, 0.05) is 6.10 Å². The van der Waals surface area contributed by atoms with Gasteiger partial charge in [-0.2, -0.15) is 0 Å². The van der Waals surface area contributed by atoms with Crippen LogP contribution in [0.1, 0.15) is 51.4 Å². The van der Waals surface area contributed by atoms with Crippen molar-refractivity contribution in [2.75, 3.05) is 0 Å². The Morgan fingerprint density at radius 2 is 1.18 bits per heavy atom. The molecular formula is C9H27O2+. The van der Waals surface area contributed by atoms with Crippen LogP contribution in [0.3, 0.4) is 0 Å². The normalized spacial score (nSPS) is 5.64. The predicted molar refractivity (Wildman–Crippen MR) is 55.0 cm³/mol. The fraction of sp³-hybridized carbons (Fsp3) is 0.889. The molecule has 1 N–H and O–H groups in total. The minimum Gasteiger partial charge on any atom is -0.394 e. The van der Waals surface area contributed by atoms with Gasteiger partial charge in [-0.05, 0) is 27.7 Å². The lowest BCUT2D eigenvalue weighted by atomic mass is 10.5. The van der Waals surface area contributed by atoms with E-state index in [1.165, 1.54) is 13.8 Å². The average molecular weight is 167 g/mol. The van der Waals surface area contributed by atoms with E-state index in [0.29, 0.717) is 0 Å². The van der Waals surface area contributed by atoms with Crippen LogP contribution in [-0.2, 0) is 4.79 Å². The summed E-state index contributed by atoms with van der Waals surface area (Å²) >= 11 is 0. The van der Waals surface area contributed by atoms with Crippen LogP contribution in [0.2, 0.25) is 0 Å². The number of carbonyl (C=O) groups is 1. The monoisotopic (exact) mass is 167 g/mol. The molecule has 11 heavy (non-hydrogen) atoms. The molecule has 0 amide bonds. The zero-order chi connectivity index (χ0) is 7.15. The summed E-state index contributed by atoms with van der Waals surface area (Å²) in [4.78, 5) is 9.44. The Labute approximate surface area is 74.1 Å². The Morgan fingerprint density at radius 3 is 1.18 bits per heavy atom. The Balaban J connectivity index is -0.0000000112. The van der Waals surface area contributed by atoms with Gasteiger partial charge in [0.1, 0.15) is 5.78 Å². The average Bonchev–Trinajstić information content (AvgIpc) is 1.25. The quantitative estimate of drug-likeness (QED) is 0.602. The lowest BCUT2D eigenvalue weighted by Crippen LogP contribution is -1.85. The van der Waals surface area contributed by atoms with Crippen molar-refractivity contribution in [2.24, 2.45) is 0 Å². The molecule has 0 spiro atoms. The fourth-order valence-electron chi connectivity index (χ4n) is 0. The van der Waals surface area contributed by atoms with Gasteiger partial charge in [0.05, 0.1) is 0 Å². The molecule has 0 aliphatic carbocycles. The number of ketones is 1. The second kappa shape index (κ2) is 22.6. The maximum Gasteiger partial charge on any atom is 1.00 e. The molecule has 0 atom stereocenters. The van der Waals surface area contributed by atoms with E-state index in [9.17, 15) is 4.79 Å². The van der Waals surface area contributed by atoms with E-state index in [1.807, 2.05) is 0 Å². The van der Waals surface area contributed by atoms with Crippen LogP contribution in [0.4, 0.5) is 0 Å². The number of aliphatic hydroxyl groups is 1. The molecule has 0 aromatic heterocycles. The highest BCUT2D eigenvalue weighted by molar-refractivity contribution is 5.72. The highest BCUT2D eigenvalue weighted by atomic mass is 16.3. The van der Waals surface area contributed by atoms with Crippen molar-refractivity contribution >= 4 is 5.78 Å². The highest BCUT2D eigenvalue weighted by Gasteiger charge is 1.69. The van der Waals surface area contributed by atoms with Crippen molar-refractivity contribution < 1.29 is 11.3 Å². The first kappa shape index (κ1) is 31.1. The van der Waals surface area contributed by atoms with Crippen LogP contribution in [0, 0.1) is 0 Å². The van der Waals surface area contributed by atoms with E-state index in [-0.39, 0.29) is 35.6 Å². The lowest BCUT2D eigenvalue weighted by Gasteiger charge is -1.80. The summed E-state index contributed by atoms with van der Waals surface area (Å²) in [6.45, 7) is 6.50. The van der Waals surface area contributed by atoms with Crippen LogP contribution in [0.15, 0.2) is 0 Å². The van der Waals surface area contributed by atoms with Crippen LogP contribution < -0.4 is 0 Å². The van der Waals surface area contributed by atoms with Gasteiger partial charge in [0.25, 0.3) is 0 Å². The SMILES string of the molecule is C.C.C.CC(C)=O.CC(C)O.[H+]. The Bertz CT molecular complexity index is 56.8. The first-order valence-corrected chi connectivity index (χ1v) is 2.62. The molecule has 0 radical (unpaired) electrons. The molecule has 0 aromatic rings. The summed E-state index contributed by atoms with van der Waals surface area (Å²) < 4.78 is 0. The molecule has 0 aliphatic rings. The minimum atomic E-state index is -0.167. The lowest BCUT2D eigenvalue weighted by molar-refractivity contribution is -0.114. The van der Waals surface area contributed by atoms with Crippen molar-refractivity contribution in [1.29, 1.82) is 0 Å². The van der Waals surface area contributed by atoms with Gasteiger partial charge >= 0.3 is 1.43 Å². The summed E-state index contributed by atoms with van der Waals surface area (Å²) in [6.07, 6.45) is -0.167. The van der Waals surface area contributed by atoms with E-state index in [1.54, 1.807) is 13.8 Å². The van der Waals surface area contributed by atoms with E-state index in [4.69, 9.17) is 5.11 Å². The largest absolute Gasteiger partial charge is 1.00 e. The van der Waals surface area contributed by atoms with Gasteiger partial charge in [-0.15, -0.1) is 0 Å². The maximum atomic E-state index is 9.44. The van der Waals surface area contributed by atoms with Crippen molar-refractivity contribution in [3.8, 4) is 0 Å². The van der Waals surface area contributed by atoms with Crippen LogP contribution in [0.5, 0.6) is 0 Å². The zero-order valence-corrected chi connectivity index (χ0v) is 5.93. The third-order valence-electron chi connectivity index (χ3n) is 0. The number of hydrogen-bond donors (Lipinski definition) is 1. The van der Waals surface area contributed by atoms with Gasteiger partial charge in [-0.3, -0.25) is 0 Å². The van der Waals surface area contributed by atoms with Gasteiger partial charge in [0.2, 0.25) is 0 Å². The summed E-state index contributed by atoms with van der Waals surface area (Å²) in [5.74, 6) is 0.167. The summed E-state index contributed by atoms with van der Waals surface area (Å²) in [6, 6.07) is 0. The van der Waals surface area contributed by atoms with Gasteiger partial charge in [0.15, 0.2) is 0 Å². The molecule has 0 aliphatic heterocycles. The molecule has 0 unspecified atom stereocenters. The summed E-state index contributed by atoms with van der Waals surface area (Å²) in [7, 11) is 0. The van der Waals surface area contributed by atoms with Gasteiger partial charge in [-0.25, -0.2) is 0 Å². The molecule has 0 fully saturated rings. The maximum absolute atomic E-state index is 9.44. The molecule has 0 aromatic carbocycles. The van der Waals surface area contributed by atoms with E-state index >= 15 is 0 Å². The first-order chi connectivity index (χ1) is 3.46. The van der Waals surface area contributed by atoms with E-state index in [2.05, 4.69) is 0 Å².